The van der Waals surface area contributed by atoms with Crippen molar-refractivity contribution >= 4 is 21.6 Å². The fourth-order valence-corrected chi connectivity index (χ4v) is 3.73. The van der Waals surface area contributed by atoms with Crippen molar-refractivity contribution in [1.82, 2.24) is 14.7 Å². The molecule has 0 fully saturated rings. The third-order valence-electron chi connectivity index (χ3n) is 4.94. The van der Waals surface area contributed by atoms with Gasteiger partial charge in [-0.2, -0.15) is 0 Å². The van der Waals surface area contributed by atoms with E-state index in [4.69, 9.17) is 9.88 Å². The first-order chi connectivity index (χ1) is 15.3. The van der Waals surface area contributed by atoms with Gasteiger partial charge in [-0.25, -0.2) is 18.5 Å². The van der Waals surface area contributed by atoms with Gasteiger partial charge in [-0.3, -0.25) is 4.79 Å². The number of amides is 1. The van der Waals surface area contributed by atoms with E-state index in [1.807, 2.05) is 35.9 Å². The summed E-state index contributed by atoms with van der Waals surface area (Å²) in [6, 6.07) is 16.9. The summed E-state index contributed by atoms with van der Waals surface area (Å²) in [5.41, 5.74) is 4.05. The number of nitrogens with two attached hydrogens (primary N) is 1. The number of sulfonamides is 1. The number of primary sulfonamides is 1. The number of ether oxygens (including phenoxy) is 1. The molecule has 8 nitrogen and oxygen atoms in total. The Bertz CT molecular complexity index is 1360. The second kappa shape index (κ2) is 8.81. The van der Waals surface area contributed by atoms with Gasteiger partial charge in [0, 0.05) is 24.5 Å². The number of hydrogen-bond acceptors (Lipinski definition) is 5. The van der Waals surface area contributed by atoms with Gasteiger partial charge in [0.05, 0.1) is 10.6 Å². The Morgan fingerprint density at radius 1 is 1.09 bits per heavy atom. The maximum atomic E-state index is 12.4. The minimum Gasteiger partial charge on any atom is -0.487 e. The van der Waals surface area contributed by atoms with Crippen molar-refractivity contribution in [2.75, 3.05) is 0 Å². The van der Waals surface area contributed by atoms with E-state index in [-0.39, 0.29) is 17.3 Å². The van der Waals surface area contributed by atoms with E-state index >= 15 is 0 Å². The minimum absolute atomic E-state index is 0.0296. The first kappa shape index (κ1) is 21.5. The van der Waals surface area contributed by atoms with Crippen LogP contribution in [0.2, 0.25) is 0 Å². The second-order valence-corrected chi connectivity index (χ2v) is 8.90. The molecule has 164 valence electrons. The van der Waals surface area contributed by atoms with E-state index in [9.17, 15) is 13.2 Å². The molecule has 0 spiro atoms. The molecule has 9 heteroatoms. The molecule has 2 aromatic carbocycles. The van der Waals surface area contributed by atoms with Crippen molar-refractivity contribution in [1.29, 1.82) is 0 Å². The number of benzene rings is 2. The Kier molecular flexibility index (Phi) is 5.93. The molecule has 0 saturated carbocycles. The summed E-state index contributed by atoms with van der Waals surface area (Å²) in [4.78, 5) is 17.0. The number of rotatable bonds is 7. The molecule has 4 aromatic rings. The molecule has 2 heterocycles. The van der Waals surface area contributed by atoms with Crippen molar-refractivity contribution in [3.8, 4) is 5.75 Å². The molecular formula is C23H22N4O4S. The monoisotopic (exact) mass is 450 g/mol. The van der Waals surface area contributed by atoms with Crippen LogP contribution in [0, 0.1) is 6.92 Å². The molecule has 0 radical (unpaired) electrons. The lowest BCUT2D eigenvalue weighted by atomic mass is 10.2. The Morgan fingerprint density at radius 2 is 1.81 bits per heavy atom. The van der Waals surface area contributed by atoms with Crippen LogP contribution in [0.5, 0.6) is 5.75 Å². The summed E-state index contributed by atoms with van der Waals surface area (Å²) in [5, 5.41) is 7.88. The van der Waals surface area contributed by atoms with Gasteiger partial charge in [-0.1, -0.05) is 18.2 Å². The van der Waals surface area contributed by atoms with Crippen LogP contribution < -0.4 is 15.2 Å². The van der Waals surface area contributed by atoms with Crippen LogP contribution in [0.25, 0.3) is 5.65 Å². The van der Waals surface area contributed by atoms with Gasteiger partial charge in [0.15, 0.2) is 0 Å². The maximum Gasteiger partial charge on any atom is 0.251 e. The van der Waals surface area contributed by atoms with Gasteiger partial charge in [0.1, 0.15) is 18.0 Å². The first-order valence-corrected chi connectivity index (χ1v) is 11.4. The Balaban J connectivity index is 1.32. The fourth-order valence-electron chi connectivity index (χ4n) is 3.22. The van der Waals surface area contributed by atoms with E-state index in [1.54, 1.807) is 36.4 Å². The van der Waals surface area contributed by atoms with E-state index in [2.05, 4.69) is 10.3 Å². The highest BCUT2D eigenvalue weighted by atomic mass is 32.2. The van der Waals surface area contributed by atoms with Crippen molar-refractivity contribution in [2.45, 2.75) is 25.0 Å². The first-order valence-electron chi connectivity index (χ1n) is 9.85. The van der Waals surface area contributed by atoms with Crippen LogP contribution in [-0.2, 0) is 23.2 Å². The van der Waals surface area contributed by atoms with Gasteiger partial charge < -0.3 is 14.5 Å². The van der Waals surface area contributed by atoms with E-state index in [1.165, 1.54) is 12.1 Å². The lowest BCUT2D eigenvalue weighted by molar-refractivity contribution is 0.0951. The number of hydrogen-bond donors (Lipinski definition) is 2. The average molecular weight is 451 g/mol. The molecule has 0 atom stereocenters. The second-order valence-electron chi connectivity index (χ2n) is 7.34. The van der Waals surface area contributed by atoms with E-state index in [0.717, 1.165) is 22.5 Å². The molecule has 0 bridgehead atoms. The van der Waals surface area contributed by atoms with E-state index in [0.29, 0.717) is 17.9 Å². The number of carbonyl (C=O) groups excluding carboxylic acids is 1. The third kappa shape index (κ3) is 4.96. The lowest BCUT2D eigenvalue weighted by Crippen LogP contribution is -2.22. The maximum absolute atomic E-state index is 12.4. The predicted molar refractivity (Wildman–Crippen MR) is 120 cm³/mol. The lowest BCUT2D eigenvalue weighted by Gasteiger charge is -2.08. The van der Waals surface area contributed by atoms with Gasteiger partial charge in [0.2, 0.25) is 10.0 Å². The highest BCUT2D eigenvalue weighted by Gasteiger charge is 2.09. The third-order valence-corrected chi connectivity index (χ3v) is 5.87. The largest absolute Gasteiger partial charge is 0.487 e. The van der Waals surface area contributed by atoms with Crippen LogP contribution in [-0.4, -0.2) is 23.7 Å². The average Bonchev–Trinajstić information content (AvgIpc) is 3.21. The van der Waals surface area contributed by atoms with E-state index < -0.39 is 10.0 Å². The number of fused-ring (bicyclic) bond motifs is 1. The van der Waals surface area contributed by atoms with Gasteiger partial charge >= 0.3 is 0 Å². The van der Waals surface area contributed by atoms with Crippen molar-refractivity contribution in [2.24, 2.45) is 5.14 Å². The topological polar surface area (TPSA) is 116 Å². The van der Waals surface area contributed by atoms with Crippen LogP contribution in [0.4, 0.5) is 0 Å². The summed E-state index contributed by atoms with van der Waals surface area (Å²) >= 11 is 0. The van der Waals surface area contributed by atoms with Crippen molar-refractivity contribution < 1.29 is 17.9 Å². The Hall–Kier alpha value is -3.69. The molecule has 2 aromatic heterocycles. The van der Waals surface area contributed by atoms with Crippen LogP contribution >= 0.6 is 0 Å². The standard InChI is InChI=1S/C23H22N4O4S/c1-16-3-2-12-27-14-19(26-22(16)27)15-31-20-8-6-18(7-9-20)23(28)25-13-17-4-10-21(11-5-17)32(24,29)30/h2-12,14H,13,15H2,1H3,(H,25,28)(H2,24,29,30). The van der Waals surface area contributed by atoms with Crippen LogP contribution in [0.15, 0.2) is 78.0 Å². The Morgan fingerprint density at radius 3 is 2.47 bits per heavy atom. The zero-order valence-corrected chi connectivity index (χ0v) is 18.2. The molecule has 0 unspecified atom stereocenters. The summed E-state index contributed by atoms with van der Waals surface area (Å²) in [7, 11) is -3.73. The molecular weight excluding hydrogens is 428 g/mol. The smallest absolute Gasteiger partial charge is 0.251 e. The zero-order valence-electron chi connectivity index (χ0n) is 17.4. The highest BCUT2D eigenvalue weighted by Crippen LogP contribution is 2.16. The van der Waals surface area contributed by atoms with Gasteiger partial charge in [-0.05, 0) is 60.5 Å². The summed E-state index contributed by atoms with van der Waals surface area (Å²) in [6.07, 6.45) is 3.88. The zero-order chi connectivity index (χ0) is 22.7. The molecule has 0 aliphatic heterocycles. The number of aryl methyl sites for hydroxylation is 1. The fraction of sp³-hybridized carbons (Fsp3) is 0.130. The van der Waals surface area contributed by atoms with Gasteiger partial charge in [0.25, 0.3) is 5.91 Å². The summed E-state index contributed by atoms with van der Waals surface area (Å²) < 4.78 is 30.4. The number of pyridine rings is 1. The highest BCUT2D eigenvalue weighted by molar-refractivity contribution is 7.89. The molecule has 0 saturated heterocycles. The number of aromatic nitrogens is 2. The summed E-state index contributed by atoms with van der Waals surface area (Å²) in [6.45, 7) is 2.59. The summed E-state index contributed by atoms with van der Waals surface area (Å²) in [5.74, 6) is 0.386. The number of carbonyl (C=O) groups is 1. The molecule has 0 aliphatic carbocycles. The number of nitrogens with one attached hydrogen (secondary N) is 1. The molecule has 1 amide bonds. The van der Waals surface area contributed by atoms with Crippen molar-refractivity contribution in [3.05, 3.63) is 95.4 Å². The SMILES string of the molecule is Cc1cccn2cc(COc3ccc(C(=O)NCc4ccc(S(N)(=O)=O)cc4)cc3)nc12. The van der Waals surface area contributed by atoms with Crippen LogP contribution in [0.1, 0.15) is 27.2 Å². The number of nitrogens with zero attached hydrogens (tertiary/aromatic N) is 2. The quantitative estimate of drug-likeness (QED) is 0.449. The minimum atomic E-state index is -3.73. The van der Waals surface area contributed by atoms with Crippen LogP contribution in [0.3, 0.4) is 0 Å². The van der Waals surface area contributed by atoms with Crippen molar-refractivity contribution in [3.63, 3.8) is 0 Å². The molecule has 4 rings (SSSR count). The molecule has 3 N–H and O–H groups in total. The molecule has 32 heavy (non-hydrogen) atoms. The predicted octanol–water partition coefficient (Wildman–Crippen LogP) is 2.80. The molecule has 0 aliphatic rings. The van der Waals surface area contributed by atoms with Gasteiger partial charge in [-0.15, -0.1) is 0 Å². The Labute approximate surface area is 185 Å². The number of imidazole rings is 1. The normalized spacial score (nSPS) is 11.4.